The number of hydrogen-bond donors (Lipinski definition) is 0. The van der Waals surface area contributed by atoms with Crippen LogP contribution in [-0.2, 0) is 16.2 Å². The predicted octanol–water partition coefficient (Wildman–Crippen LogP) is 13.1. The second-order valence-electron chi connectivity index (χ2n) is 18.0. The molecule has 1 spiro atoms. The fraction of sp³-hybridized carbons (Fsp3) is 0.375. The Hall–Kier alpha value is -4.30. The molecule has 0 unspecified atom stereocenters. The molecule has 5 aromatic carbocycles. The van der Waals surface area contributed by atoms with Crippen LogP contribution < -0.4 is 4.90 Å². The Balaban J connectivity index is 1.16. The van der Waals surface area contributed by atoms with Crippen LogP contribution >= 0.6 is 0 Å². The van der Waals surface area contributed by atoms with E-state index in [1.165, 1.54) is 89.3 Å². The highest BCUT2D eigenvalue weighted by atomic mass is 16.3. The highest BCUT2D eigenvalue weighted by molar-refractivity contribution is 6.06. The van der Waals surface area contributed by atoms with Gasteiger partial charge in [0.2, 0.25) is 0 Å². The van der Waals surface area contributed by atoms with Gasteiger partial charge in [0, 0.05) is 33.6 Å². The Morgan fingerprint density at radius 1 is 0.540 bits per heavy atom. The van der Waals surface area contributed by atoms with Gasteiger partial charge in [-0.05, 0) is 149 Å². The molecule has 0 amide bonds. The topological polar surface area (TPSA) is 16.4 Å². The van der Waals surface area contributed by atoms with Crippen LogP contribution in [0.15, 0.2) is 108 Å². The van der Waals surface area contributed by atoms with Gasteiger partial charge in [0.15, 0.2) is 0 Å². The molecule has 6 aliphatic carbocycles. The molecule has 0 radical (unpaired) electrons. The lowest BCUT2D eigenvalue weighted by Crippen LogP contribution is -2.55. The third-order valence-electron chi connectivity index (χ3n) is 14.5. The van der Waals surface area contributed by atoms with E-state index in [4.69, 9.17) is 4.42 Å². The first-order chi connectivity index (χ1) is 24.2. The van der Waals surface area contributed by atoms with Crippen molar-refractivity contribution in [3.63, 3.8) is 0 Å². The van der Waals surface area contributed by atoms with E-state index in [1.54, 1.807) is 11.1 Å². The largest absolute Gasteiger partial charge is 0.456 e. The standard InChI is InChI=1S/C48H47NO/c1-46(2)20-21-47(3,4)45-41(46)13-9-14-42(45)49(34-16-18-37-36-11-6-8-15-43(36)50-44(37)28-34)33-17-19-40-38(27-33)35-10-5-7-12-39(35)48(40)31-23-29-22-30(25-31)26-32(48)24-29/h5-19,27-32H,20-26H2,1-4H3. The number of anilines is 3. The van der Waals surface area contributed by atoms with Crippen LogP contribution in [-0.4, -0.2) is 0 Å². The van der Waals surface area contributed by atoms with Crippen LogP contribution in [0.2, 0.25) is 0 Å². The second kappa shape index (κ2) is 9.93. The van der Waals surface area contributed by atoms with Crippen molar-refractivity contribution in [2.75, 3.05) is 4.90 Å². The zero-order chi connectivity index (χ0) is 33.6. The summed E-state index contributed by atoms with van der Waals surface area (Å²) in [6.07, 6.45) is 9.49. The number of hydrogen-bond acceptors (Lipinski definition) is 2. The lowest BCUT2D eigenvalue weighted by Gasteiger charge is -2.61. The Morgan fingerprint density at radius 2 is 1.18 bits per heavy atom. The Kier molecular flexibility index (Phi) is 5.85. The molecule has 4 saturated carbocycles. The Bertz CT molecular complexity index is 2340. The van der Waals surface area contributed by atoms with Gasteiger partial charge in [-0.3, -0.25) is 0 Å². The van der Waals surface area contributed by atoms with Gasteiger partial charge < -0.3 is 9.32 Å². The third-order valence-corrected chi connectivity index (χ3v) is 14.5. The van der Waals surface area contributed by atoms with Crippen molar-refractivity contribution in [2.24, 2.45) is 23.7 Å². The summed E-state index contributed by atoms with van der Waals surface area (Å²) < 4.78 is 6.53. The van der Waals surface area contributed by atoms with Crippen molar-refractivity contribution in [1.82, 2.24) is 0 Å². The van der Waals surface area contributed by atoms with Crippen LogP contribution in [0.4, 0.5) is 17.1 Å². The van der Waals surface area contributed by atoms with Crippen LogP contribution in [0.3, 0.4) is 0 Å². The van der Waals surface area contributed by atoms with Crippen LogP contribution in [0.5, 0.6) is 0 Å². The summed E-state index contributed by atoms with van der Waals surface area (Å²) >= 11 is 0. The monoisotopic (exact) mass is 653 g/mol. The molecule has 0 N–H and O–H groups in total. The smallest absolute Gasteiger partial charge is 0.137 e. The van der Waals surface area contributed by atoms with Crippen molar-refractivity contribution in [3.05, 3.63) is 125 Å². The summed E-state index contributed by atoms with van der Waals surface area (Å²) in [7, 11) is 0. The van der Waals surface area contributed by atoms with E-state index in [2.05, 4.69) is 136 Å². The molecule has 6 aromatic rings. The van der Waals surface area contributed by atoms with Crippen LogP contribution in [0.1, 0.15) is 94.9 Å². The summed E-state index contributed by atoms with van der Waals surface area (Å²) in [5.74, 6) is 3.42. The normalized spacial score (nSPS) is 27.8. The van der Waals surface area contributed by atoms with Gasteiger partial charge in [0.25, 0.3) is 0 Å². The molecule has 1 aromatic heterocycles. The van der Waals surface area contributed by atoms with E-state index < -0.39 is 0 Å². The molecule has 2 heteroatoms. The fourth-order valence-electron chi connectivity index (χ4n) is 12.5. The van der Waals surface area contributed by atoms with Crippen molar-refractivity contribution >= 4 is 39.0 Å². The van der Waals surface area contributed by atoms with Gasteiger partial charge in [0.05, 0.1) is 5.69 Å². The van der Waals surface area contributed by atoms with E-state index in [1.807, 2.05) is 0 Å². The maximum atomic E-state index is 6.53. The number of benzene rings is 5. The zero-order valence-corrected chi connectivity index (χ0v) is 29.9. The van der Waals surface area contributed by atoms with Gasteiger partial charge in [-0.1, -0.05) is 88.4 Å². The number of rotatable bonds is 3. The summed E-state index contributed by atoms with van der Waals surface area (Å²) in [6, 6.07) is 39.5. The molecule has 250 valence electrons. The lowest BCUT2D eigenvalue weighted by atomic mass is 9.43. The summed E-state index contributed by atoms with van der Waals surface area (Å²) in [5, 5.41) is 2.35. The summed E-state index contributed by atoms with van der Waals surface area (Å²) in [4.78, 5) is 2.57. The van der Waals surface area contributed by atoms with Gasteiger partial charge in [0.1, 0.15) is 11.2 Å². The van der Waals surface area contributed by atoms with Crippen molar-refractivity contribution in [3.8, 4) is 11.1 Å². The average molecular weight is 654 g/mol. The second-order valence-corrected chi connectivity index (χ2v) is 18.0. The number of furan rings is 1. The molecule has 0 saturated heterocycles. The zero-order valence-electron chi connectivity index (χ0n) is 29.9. The maximum absolute atomic E-state index is 6.53. The van der Waals surface area contributed by atoms with E-state index >= 15 is 0 Å². The van der Waals surface area contributed by atoms with Gasteiger partial charge >= 0.3 is 0 Å². The van der Waals surface area contributed by atoms with E-state index in [0.29, 0.717) is 0 Å². The fourth-order valence-corrected chi connectivity index (χ4v) is 12.5. The Labute approximate surface area is 296 Å². The summed E-state index contributed by atoms with van der Waals surface area (Å²) in [5.41, 5.74) is 15.1. The quantitative estimate of drug-likeness (QED) is 0.189. The molecule has 4 bridgehead atoms. The minimum absolute atomic E-state index is 0.0525. The molecule has 50 heavy (non-hydrogen) atoms. The number of nitrogens with zero attached hydrogens (tertiary/aromatic N) is 1. The molecule has 12 rings (SSSR count). The molecular weight excluding hydrogens is 607 g/mol. The average Bonchev–Trinajstić information content (AvgIpc) is 3.62. The van der Waals surface area contributed by atoms with Gasteiger partial charge in [-0.15, -0.1) is 0 Å². The minimum Gasteiger partial charge on any atom is -0.456 e. The first-order valence-electron chi connectivity index (χ1n) is 19.3. The molecule has 0 atom stereocenters. The minimum atomic E-state index is 0.0525. The SMILES string of the molecule is CC1(C)CCC(C)(C)c2c(N(c3ccc4c(c3)-c3ccccc3C43C4CC5CC(C4)CC3C5)c3ccc4c(c3)oc3ccccc34)cccc21. The highest BCUT2D eigenvalue weighted by Crippen LogP contribution is 2.69. The number of para-hydroxylation sites is 1. The van der Waals surface area contributed by atoms with E-state index in [9.17, 15) is 0 Å². The molecule has 6 aliphatic rings. The third kappa shape index (κ3) is 3.81. The maximum Gasteiger partial charge on any atom is 0.137 e. The van der Waals surface area contributed by atoms with Crippen molar-refractivity contribution in [2.45, 2.75) is 88.9 Å². The van der Waals surface area contributed by atoms with Crippen molar-refractivity contribution in [1.29, 1.82) is 0 Å². The highest BCUT2D eigenvalue weighted by Gasteiger charge is 2.61. The van der Waals surface area contributed by atoms with Crippen LogP contribution in [0.25, 0.3) is 33.1 Å². The van der Waals surface area contributed by atoms with E-state index in [0.717, 1.165) is 40.5 Å². The first-order valence-corrected chi connectivity index (χ1v) is 19.3. The van der Waals surface area contributed by atoms with Crippen LogP contribution in [0, 0.1) is 23.7 Å². The van der Waals surface area contributed by atoms with Gasteiger partial charge in [-0.2, -0.15) is 0 Å². The molecular formula is C48H47NO. The Morgan fingerprint density at radius 3 is 2.00 bits per heavy atom. The summed E-state index contributed by atoms with van der Waals surface area (Å²) in [6.45, 7) is 9.79. The molecule has 2 nitrogen and oxygen atoms in total. The van der Waals surface area contributed by atoms with Gasteiger partial charge in [-0.25, -0.2) is 0 Å². The van der Waals surface area contributed by atoms with E-state index in [-0.39, 0.29) is 16.2 Å². The first kappa shape index (κ1) is 29.4. The molecule has 0 aliphatic heterocycles. The van der Waals surface area contributed by atoms with Crippen molar-refractivity contribution < 1.29 is 4.42 Å². The lowest BCUT2D eigenvalue weighted by molar-refractivity contribution is -0.0399. The molecule has 1 heterocycles. The molecule has 4 fully saturated rings. The number of fused-ring (bicyclic) bond motifs is 7. The predicted molar refractivity (Wildman–Crippen MR) is 207 cm³/mol.